The van der Waals surface area contributed by atoms with E-state index >= 15 is 0 Å². The highest BCUT2D eigenvalue weighted by Crippen LogP contribution is 2.31. The van der Waals surface area contributed by atoms with Crippen LogP contribution in [0.5, 0.6) is 5.88 Å². The van der Waals surface area contributed by atoms with Crippen molar-refractivity contribution in [2.24, 2.45) is 4.99 Å². The summed E-state index contributed by atoms with van der Waals surface area (Å²) in [7, 11) is 0. The van der Waals surface area contributed by atoms with Crippen LogP contribution in [0.25, 0.3) is 27.9 Å². The van der Waals surface area contributed by atoms with Gasteiger partial charge in [-0.15, -0.1) is 10.2 Å². The minimum Gasteiger partial charge on any atom is -0.493 e. The van der Waals surface area contributed by atoms with Crippen LogP contribution in [0.1, 0.15) is 11.5 Å². The summed E-state index contributed by atoms with van der Waals surface area (Å²) in [6.45, 7) is 1.83. The zero-order valence-corrected chi connectivity index (χ0v) is 15.8. The van der Waals surface area contributed by atoms with E-state index in [-0.39, 0.29) is 5.88 Å². The summed E-state index contributed by atoms with van der Waals surface area (Å²) in [5.74, 6) is 0.663. The van der Waals surface area contributed by atoms with Crippen molar-refractivity contribution in [2.75, 3.05) is 0 Å². The molecule has 0 fully saturated rings. The molecule has 5 rings (SSSR count). The number of hydrogen-bond acceptors (Lipinski definition) is 6. The Labute approximate surface area is 164 Å². The highest BCUT2D eigenvalue weighted by Gasteiger charge is 2.18. The fourth-order valence-corrected chi connectivity index (χ4v) is 4.03. The third kappa shape index (κ3) is 2.82. The minimum atomic E-state index is 0.0281. The number of rotatable bonds is 3. The van der Waals surface area contributed by atoms with E-state index in [1.165, 1.54) is 11.3 Å². The van der Waals surface area contributed by atoms with Crippen molar-refractivity contribution in [3.8, 4) is 21.6 Å². The van der Waals surface area contributed by atoms with Crippen molar-refractivity contribution in [1.29, 1.82) is 0 Å². The summed E-state index contributed by atoms with van der Waals surface area (Å²) in [5, 5.41) is 22.6. The van der Waals surface area contributed by atoms with E-state index in [1.54, 1.807) is 10.6 Å². The molecule has 0 saturated carbocycles. The molecule has 0 amide bonds. The first-order chi connectivity index (χ1) is 13.7. The van der Waals surface area contributed by atoms with Gasteiger partial charge in [-0.05, 0) is 25.1 Å². The topological polar surface area (TPSA) is 76.2 Å². The Morgan fingerprint density at radius 2 is 1.79 bits per heavy atom. The number of benzene rings is 2. The Morgan fingerprint density at radius 1 is 1.00 bits per heavy atom. The molecule has 1 aliphatic rings. The molecule has 4 aromatic rings. The Balaban J connectivity index is 1.54. The van der Waals surface area contributed by atoms with Gasteiger partial charge in [-0.3, -0.25) is 0 Å². The van der Waals surface area contributed by atoms with Gasteiger partial charge in [0.15, 0.2) is 0 Å². The highest BCUT2D eigenvalue weighted by molar-refractivity contribution is 7.17. The summed E-state index contributed by atoms with van der Waals surface area (Å²) >= 11 is 1.40. The summed E-state index contributed by atoms with van der Waals surface area (Å²) < 4.78 is 1.61. The average molecular weight is 385 g/mol. The van der Waals surface area contributed by atoms with E-state index < -0.39 is 0 Å². The second kappa shape index (κ2) is 6.54. The lowest BCUT2D eigenvalue weighted by atomic mass is 10.2. The van der Waals surface area contributed by atoms with Gasteiger partial charge in [-0.1, -0.05) is 59.9 Å². The quantitative estimate of drug-likeness (QED) is 0.588. The Kier molecular flexibility index (Phi) is 3.87. The van der Waals surface area contributed by atoms with Crippen molar-refractivity contribution in [3.63, 3.8) is 0 Å². The van der Waals surface area contributed by atoms with Gasteiger partial charge >= 0.3 is 0 Å². The Hall–Kier alpha value is -3.58. The predicted molar refractivity (Wildman–Crippen MR) is 109 cm³/mol. The first kappa shape index (κ1) is 16.6. The summed E-state index contributed by atoms with van der Waals surface area (Å²) in [4.78, 5) is 9.05. The summed E-state index contributed by atoms with van der Waals surface area (Å²) in [6.07, 6.45) is 3.75. The van der Waals surface area contributed by atoms with Crippen molar-refractivity contribution in [1.82, 2.24) is 19.7 Å². The molecule has 0 atom stereocenters. The molecule has 2 aromatic carbocycles. The van der Waals surface area contributed by atoms with Crippen molar-refractivity contribution < 1.29 is 5.11 Å². The van der Waals surface area contributed by atoms with E-state index in [9.17, 15) is 5.11 Å². The van der Waals surface area contributed by atoms with Gasteiger partial charge in [0.05, 0.1) is 11.1 Å². The molecule has 0 aliphatic carbocycles. The smallest absolute Gasteiger partial charge is 0.225 e. The monoisotopic (exact) mass is 385 g/mol. The number of imidazole rings is 1. The molecule has 2 aromatic heterocycles. The lowest BCUT2D eigenvalue weighted by Gasteiger charge is -2.00. The van der Waals surface area contributed by atoms with Crippen LogP contribution in [-0.2, 0) is 0 Å². The molecule has 0 saturated heterocycles. The predicted octanol–water partition coefficient (Wildman–Crippen LogP) is 2.86. The van der Waals surface area contributed by atoms with Crippen LogP contribution in [0.4, 0.5) is 0 Å². The molecule has 7 heteroatoms. The van der Waals surface area contributed by atoms with Crippen LogP contribution in [0.2, 0.25) is 0 Å². The number of aromatic nitrogens is 4. The van der Waals surface area contributed by atoms with Gasteiger partial charge in [-0.2, -0.15) is 0 Å². The number of nitrogens with zero attached hydrogens (tertiary/aromatic N) is 5. The van der Waals surface area contributed by atoms with Crippen LogP contribution in [-0.4, -0.2) is 24.9 Å². The van der Waals surface area contributed by atoms with Crippen LogP contribution < -0.4 is 10.6 Å². The fraction of sp³-hybridized carbons (Fsp3) is 0.0476. The molecule has 0 unspecified atom stereocenters. The molecule has 3 heterocycles. The van der Waals surface area contributed by atoms with Gasteiger partial charge in [0, 0.05) is 10.8 Å². The minimum absolute atomic E-state index is 0.0281. The number of hydrogen-bond donors (Lipinski definition) is 1. The van der Waals surface area contributed by atoms with Crippen LogP contribution >= 0.6 is 11.3 Å². The maximum absolute atomic E-state index is 10.8. The second-order valence-corrected chi connectivity index (χ2v) is 7.30. The lowest BCUT2D eigenvalue weighted by Crippen LogP contribution is -2.19. The molecule has 6 nitrogen and oxygen atoms in total. The second-order valence-electron chi connectivity index (χ2n) is 6.34. The fourth-order valence-electron chi connectivity index (χ4n) is 3.13. The van der Waals surface area contributed by atoms with Crippen LogP contribution in [0.3, 0.4) is 0 Å². The Bertz CT molecular complexity index is 1300. The molecular weight excluding hydrogens is 370 g/mol. The average Bonchev–Trinajstić information content (AvgIpc) is 3.40. The lowest BCUT2D eigenvalue weighted by molar-refractivity contribution is 0.439. The molecule has 0 radical (unpaired) electrons. The van der Waals surface area contributed by atoms with Gasteiger partial charge in [0.2, 0.25) is 11.0 Å². The van der Waals surface area contributed by atoms with Gasteiger partial charge < -0.3 is 5.11 Å². The maximum atomic E-state index is 10.8. The maximum Gasteiger partial charge on any atom is 0.225 e. The van der Waals surface area contributed by atoms with Crippen LogP contribution in [0.15, 0.2) is 65.3 Å². The van der Waals surface area contributed by atoms with Gasteiger partial charge in [0.25, 0.3) is 0 Å². The highest BCUT2D eigenvalue weighted by atomic mass is 32.1. The van der Waals surface area contributed by atoms with Crippen molar-refractivity contribution >= 4 is 23.5 Å². The number of fused-ring (bicyclic) bond motifs is 1. The van der Waals surface area contributed by atoms with E-state index in [0.29, 0.717) is 16.6 Å². The van der Waals surface area contributed by atoms with Crippen molar-refractivity contribution in [3.05, 3.63) is 82.4 Å². The first-order valence-electron chi connectivity index (χ1n) is 8.74. The number of para-hydroxylation sites is 1. The molecule has 1 N–H and O–H groups in total. The Morgan fingerprint density at radius 3 is 2.61 bits per heavy atom. The number of aromatic hydroxyl groups is 1. The zero-order chi connectivity index (χ0) is 19.1. The normalized spacial score (nSPS) is 14.0. The van der Waals surface area contributed by atoms with Crippen LogP contribution in [0, 0.1) is 6.92 Å². The SMILES string of the molecule is Cc1nc(/C=C2\C=c3ccccc3=N2)c(O)n1-c1nnc(-c2ccccc2)s1. The van der Waals surface area contributed by atoms with Gasteiger partial charge in [0.1, 0.15) is 16.5 Å². The first-order valence-corrected chi connectivity index (χ1v) is 9.55. The standard InChI is InChI=1S/C21H15N5OS/c1-13-22-18(12-16-11-15-9-5-6-10-17(15)23-16)20(27)26(13)21-25-24-19(28-21)14-7-3-2-4-8-14/h2-12,27H,1H3/b16-12+. The summed E-state index contributed by atoms with van der Waals surface area (Å²) in [5.41, 5.74) is 2.20. The molecular formula is C21H15N5OS. The van der Waals surface area contributed by atoms with Gasteiger partial charge in [-0.25, -0.2) is 14.5 Å². The third-order valence-electron chi connectivity index (χ3n) is 4.45. The molecule has 136 valence electrons. The van der Waals surface area contributed by atoms with E-state index in [2.05, 4.69) is 20.2 Å². The number of aryl methyl sites for hydroxylation is 1. The summed E-state index contributed by atoms with van der Waals surface area (Å²) in [6, 6.07) is 17.7. The molecule has 1 aliphatic heterocycles. The number of allylic oxidation sites excluding steroid dienone is 1. The van der Waals surface area contributed by atoms with E-state index in [4.69, 9.17) is 0 Å². The third-order valence-corrected chi connectivity index (χ3v) is 5.40. The van der Waals surface area contributed by atoms with E-state index in [0.717, 1.165) is 26.8 Å². The molecule has 0 spiro atoms. The molecule has 28 heavy (non-hydrogen) atoms. The van der Waals surface area contributed by atoms with Crippen molar-refractivity contribution in [2.45, 2.75) is 6.92 Å². The largest absolute Gasteiger partial charge is 0.493 e. The molecule has 0 bridgehead atoms. The zero-order valence-electron chi connectivity index (χ0n) is 14.9. The van der Waals surface area contributed by atoms with E-state index in [1.807, 2.05) is 67.6 Å².